The molecule has 1 heterocycles. The third-order valence-electron chi connectivity index (χ3n) is 3.25. The molecule has 0 spiro atoms. The van der Waals surface area contributed by atoms with Crippen molar-refractivity contribution in [2.45, 2.75) is 0 Å². The lowest BCUT2D eigenvalue weighted by molar-refractivity contribution is -0.123. The average molecular weight is 339 g/mol. The zero-order chi connectivity index (χ0) is 16.9. The van der Waals surface area contributed by atoms with Crippen molar-refractivity contribution in [1.82, 2.24) is 5.32 Å². The van der Waals surface area contributed by atoms with Gasteiger partial charge in [-0.2, -0.15) is 0 Å². The molecule has 0 radical (unpaired) electrons. The summed E-state index contributed by atoms with van der Waals surface area (Å²) < 4.78 is 5.93. The number of hydrogen-bond acceptors (Lipinski definition) is 5. The van der Waals surface area contributed by atoms with Crippen LogP contribution in [-0.4, -0.2) is 24.4 Å². The molecule has 0 saturated carbocycles. The summed E-state index contributed by atoms with van der Waals surface area (Å²) in [6.45, 7) is -0.508. The van der Waals surface area contributed by atoms with Crippen molar-refractivity contribution >= 4 is 39.2 Å². The van der Waals surface area contributed by atoms with E-state index < -0.39 is 24.4 Å². The predicted octanol–water partition coefficient (Wildman–Crippen LogP) is 3.01. The number of carbonyl (C=O) groups is 3. The van der Waals surface area contributed by atoms with Crippen LogP contribution in [0.2, 0.25) is 0 Å². The molecule has 0 atom stereocenters. The lowest BCUT2D eigenvalue weighted by Crippen LogP contribution is -2.34. The molecule has 5 nitrogen and oxygen atoms in total. The van der Waals surface area contributed by atoms with Gasteiger partial charge in [0.2, 0.25) is 0 Å². The molecule has 1 aromatic heterocycles. The largest absolute Gasteiger partial charge is 0.451 e. The van der Waals surface area contributed by atoms with Crippen molar-refractivity contribution in [2.24, 2.45) is 0 Å². The van der Waals surface area contributed by atoms with Gasteiger partial charge in [0.15, 0.2) is 6.61 Å². The van der Waals surface area contributed by atoms with Crippen LogP contribution in [0.3, 0.4) is 0 Å². The van der Waals surface area contributed by atoms with Gasteiger partial charge in [0.1, 0.15) is 4.88 Å². The number of amides is 2. The molecule has 2 amide bonds. The Kier molecular flexibility index (Phi) is 4.67. The Morgan fingerprint density at radius 2 is 1.67 bits per heavy atom. The number of imide groups is 1. The van der Waals surface area contributed by atoms with Crippen LogP contribution in [0.5, 0.6) is 0 Å². The second-order valence-corrected chi connectivity index (χ2v) is 6.05. The first-order valence-corrected chi connectivity index (χ1v) is 8.00. The third kappa shape index (κ3) is 3.67. The highest BCUT2D eigenvalue weighted by Crippen LogP contribution is 2.25. The normalized spacial score (nSPS) is 10.3. The topological polar surface area (TPSA) is 72.5 Å². The maximum atomic E-state index is 12.0. The van der Waals surface area contributed by atoms with E-state index in [-0.39, 0.29) is 0 Å². The molecule has 0 aliphatic rings. The molecule has 0 saturated heterocycles. The zero-order valence-electron chi connectivity index (χ0n) is 12.5. The molecule has 0 aliphatic heterocycles. The third-order valence-corrected chi connectivity index (χ3v) is 4.35. The van der Waals surface area contributed by atoms with E-state index in [1.165, 1.54) is 11.3 Å². The fraction of sp³-hybridized carbons (Fsp3) is 0.0556. The van der Waals surface area contributed by atoms with Crippen LogP contribution in [0.1, 0.15) is 20.0 Å². The van der Waals surface area contributed by atoms with E-state index in [0.29, 0.717) is 10.4 Å². The summed E-state index contributed by atoms with van der Waals surface area (Å²) >= 11 is 1.29. The van der Waals surface area contributed by atoms with Crippen LogP contribution in [-0.2, 0) is 9.53 Å². The molecule has 0 aliphatic carbocycles. The monoisotopic (exact) mass is 339 g/mol. The maximum absolute atomic E-state index is 12.0. The van der Waals surface area contributed by atoms with Crippen LogP contribution in [0, 0.1) is 0 Å². The second kappa shape index (κ2) is 7.06. The minimum atomic E-state index is -0.668. The summed E-state index contributed by atoms with van der Waals surface area (Å²) in [5.74, 6) is -1.78. The van der Waals surface area contributed by atoms with Crippen LogP contribution in [0.15, 0.2) is 60.7 Å². The minimum Gasteiger partial charge on any atom is -0.451 e. The minimum absolute atomic E-state index is 0.363. The van der Waals surface area contributed by atoms with Crippen LogP contribution < -0.4 is 5.32 Å². The van der Waals surface area contributed by atoms with Gasteiger partial charge < -0.3 is 4.74 Å². The fourth-order valence-corrected chi connectivity index (χ4v) is 3.07. The Bertz CT molecular complexity index is 869. The molecular weight excluding hydrogens is 326 g/mol. The SMILES string of the molecule is O=C(COC(=O)c1cc2ccccc2s1)NC(=O)c1ccccc1. The Balaban J connectivity index is 1.56. The van der Waals surface area contributed by atoms with Crippen molar-refractivity contribution in [3.05, 3.63) is 71.1 Å². The molecule has 24 heavy (non-hydrogen) atoms. The Morgan fingerprint density at radius 1 is 0.958 bits per heavy atom. The predicted molar refractivity (Wildman–Crippen MR) is 91.0 cm³/mol. The van der Waals surface area contributed by atoms with Crippen molar-refractivity contribution < 1.29 is 19.1 Å². The van der Waals surface area contributed by atoms with Gasteiger partial charge in [-0.15, -0.1) is 11.3 Å². The van der Waals surface area contributed by atoms with Gasteiger partial charge in [0, 0.05) is 10.3 Å². The van der Waals surface area contributed by atoms with Crippen molar-refractivity contribution in [3.63, 3.8) is 0 Å². The first kappa shape index (κ1) is 15.9. The Labute approximate surface area is 141 Å². The number of thiophene rings is 1. The van der Waals surface area contributed by atoms with E-state index in [0.717, 1.165) is 10.1 Å². The zero-order valence-corrected chi connectivity index (χ0v) is 13.3. The number of hydrogen-bond donors (Lipinski definition) is 1. The van der Waals surface area contributed by atoms with Gasteiger partial charge in [-0.1, -0.05) is 36.4 Å². The molecule has 0 unspecified atom stereocenters. The molecule has 1 N–H and O–H groups in total. The molecular formula is C18H13NO4S. The van der Waals surface area contributed by atoms with Gasteiger partial charge in [-0.05, 0) is 29.7 Å². The first-order chi connectivity index (χ1) is 11.6. The molecule has 0 bridgehead atoms. The highest BCUT2D eigenvalue weighted by Gasteiger charge is 2.15. The molecule has 2 aromatic carbocycles. The molecule has 3 aromatic rings. The number of carbonyl (C=O) groups excluding carboxylic acids is 3. The van der Waals surface area contributed by atoms with Gasteiger partial charge >= 0.3 is 5.97 Å². The van der Waals surface area contributed by atoms with Gasteiger partial charge in [0.05, 0.1) is 0 Å². The summed E-state index contributed by atoms with van der Waals surface area (Å²) in [5.41, 5.74) is 0.363. The molecule has 0 fully saturated rings. The van der Waals surface area contributed by atoms with Crippen LogP contribution in [0.4, 0.5) is 0 Å². The average Bonchev–Trinajstić information content (AvgIpc) is 3.04. The van der Waals surface area contributed by atoms with Crippen LogP contribution in [0.25, 0.3) is 10.1 Å². The van der Waals surface area contributed by atoms with E-state index in [2.05, 4.69) is 5.32 Å². The number of rotatable bonds is 4. The Hall–Kier alpha value is -2.99. The molecule has 3 rings (SSSR count). The van der Waals surface area contributed by atoms with Gasteiger partial charge in [0.25, 0.3) is 11.8 Å². The molecule has 120 valence electrons. The number of esters is 1. The van der Waals surface area contributed by atoms with Crippen molar-refractivity contribution in [2.75, 3.05) is 6.61 Å². The summed E-state index contributed by atoms with van der Waals surface area (Å²) in [5, 5.41) is 3.12. The maximum Gasteiger partial charge on any atom is 0.348 e. The summed E-state index contributed by atoms with van der Waals surface area (Å²) in [6.07, 6.45) is 0. The number of nitrogens with one attached hydrogen (secondary N) is 1. The second-order valence-electron chi connectivity index (χ2n) is 4.97. The fourth-order valence-electron chi connectivity index (χ4n) is 2.11. The van der Waals surface area contributed by atoms with E-state index in [1.54, 1.807) is 36.4 Å². The Morgan fingerprint density at radius 3 is 2.42 bits per heavy atom. The summed E-state index contributed by atoms with van der Waals surface area (Å²) in [7, 11) is 0. The van der Waals surface area contributed by atoms with Gasteiger partial charge in [-0.3, -0.25) is 14.9 Å². The highest BCUT2D eigenvalue weighted by atomic mass is 32.1. The number of fused-ring (bicyclic) bond motifs is 1. The summed E-state index contributed by atoms with van der Waals surface area (Å²) in [4.78, 5) is 36.0. The standard InChI is InChI=1S/C18H13NO4S/c20-16(19-17(21)12-6-2-1-3-7-12)11-23-18(22)15-10-13-8-4-5-9-14(13)24-15/h1-10H,11H2,(H,19,20,21). The lowest BCUT2D eigenvalue weighted by Gasteiger charge is -2.04. The van der Waals surface area contributed by atoms with Crippen molar-refractivity contribution in [1.29, 1.82) is 0 Å². The quantitative estimate of drug-likeness (QED) is 0.742. The van der Waals surface area contributed by atoms with E-state index in [4.69, 9.17) is 4.74 Å². The lowest BCUT2D eigenvalue weighted by atomic mass is 10.2. The number of benzene rings is 2. The van der Waals surface area contributed by atoms with Crippen LogP contribution >= 0.6 is 11.3 Å². The van der Waals surface area contributed by atoms with Gasteiger partial charge in [-0.25, -0.2) is 4.79 Å². The number of ether oxygens (including phenoxy) is 1. The van der Waals surface area contributed by atoms with E-state index in [9.17, 15) is 14.4 Å². The van der Waals surface area contributed by atoms with E-state index in [1.807, 2.05) is 24.3 Å². The highest BCUT2D eigenvalue weighted by molar-refractivity contribution is 7.20. The first-order valence-electron chi connectivity index (χ1n) is 7.18. The molecule has 6 heteroatoms. The van der Waals surface area contributed by atoms with Crippen molar-refractivity contribution in [3.8, 4) is 0 Å². The summed E-state index contributed by atoms with van der Waals surface area (Å²) in [6, 6.07) is 17.6. The smallest absolute Gasteiger partial charge is 0.348 e. The van der Waals surface area contributed by atoms with E-state index >= 15 is 0 Å².